The molecule has 0 radical (unpaired) electrons. The number of nitrogens with one attached hydrogen (secondary N) is 1. The van der Waals surface area contributed by atoms with Crippen molar-refractivity contribution in [2.75, 3.05) is 25.1 Å². The van der Waals surface area contributed by atoms with Crippen LogP contribution >= 0.6 is 0 Å². The lowest BCUT2D eigenvalue weighted by Crippen LogP contribution is -2.26. The summed E-state index contributed by atoms with van der Waals surface area (Å²) in [5.41, 5.74) is 2.36. The molecule has 0 aliphatic carbocycles. The van der Waals surface area contributed by atoms with E-state index < -0.39 is 0 Å². The molecule has 16 heavy (non-hydrogen) atoms. The van der Waals surface area contributed by atoms with Gasteiger partial charge >= 0.3 is 0 Å². The van der Waals surface area contributed by atoms with Crippen LogP contribution < -0.4 is 5.32 Å². The molecule has 1 aromatic rings. The number of ether oxygens (including phenoxy) is 2. The summed E-state index contributed by atoms with van der Waals surface area (Å²) in [6.07, 6.45) is -0.172. The van der Waals surface area contributed by atoms with Crippen molar-refractivity contribution in [3.05, 3.63) is 29.8 Å². The van der Waals surface area contributed by atoms with Gasteiger partial charge in [-0.05, 0) is 32.4 Å². The first kappa shape index (κ1) is 13.0. The highest BCUT2D eigenvalue weighted by molar-refractivity contribution is 5.50. The van der Waals surface area contributed by atoms with E-state index in [-0.39, 0.29) is 6.29 Å². The molecular weight excluding hydrogens is 202 g/mol. The summed E-state index contributed by atoms with van der Waals surface area (Å²) in [5.74, 6) is 0. The minimum absolute atomic E-state index is 0.172. The number of hydrogen-bond donors (Lipinski definition) is 1. The topological polar surface area (TPSA) is 30.5 Å². The molecule has 0 aromatic heterocycles. The average Bonchev–Trinajstić information content (AvgIpc) is 2.28. The van der Waals surface area contributed by atoms with Gasteiger partial charge in [-0.25, -0.2) is 0 Å². The Hall–Kier alpha value is -1.06. The zero-order chi connectivity index (χ0) is 11.8. The van der Waals surface area contributed by atoms with E-state index in [1.54, 1.807) is 0 Å². The fraction of sp³-hybridized carbons (Fsp3) is 0.538. The van der Waals surface area contributed by atoms with Gasteiger partial charge in [-0.2, -0.15) is 0 Å². The highest BCUT2D eigenvalue weighted by Gasteiger charge is 2.07. The number of benzene rings is 1. The van der Waals surface area contributed by atoms with Gasteiger partial charge in [0.2, 0.25) is 0 Å². The van der Waals surface area contributed by atoms with Crippen LogP contribution in [0.25, 0.3) is 0 Å². The highest BCUT2D eigenvalue weighted by Crippen LogP contribution is 2.13. The van der Waals surface area contributed by atoms with Crippen molar-refractivity contribution >= 4 is 5.69 Å². The lowest BCUT2D eigenvalue weighted by Gasteiger charge is -2.18. The zero-order valence-corrected chi connectivity index (χ0v) is 10.3. The van der Waals surface area contributed by atoms with Crippen molar-refractivity contribution in [2.45, 2.75) is 27.1 Å². The minimum Gasteiger partial charge on any atom is -0.380 e. The summed E-state index contributed by atoms with van der Waals surface area (Å²) in [6.45, 7) is 8.03. The second-order valence-electron chi connectivity index (χ2n) is 3.54. The third-order valence-corrected chi connectivity index (χ3v) is 2.31. The van der Waals surface area contributed by atoms with Crippen LogP contribution in [-0.4, -0.2) is 26.0 Å². The van der Waals surface area contributed by atoms with Crippen LogP contribution in [0.5, 0.6) is 0 Å². The number of rotatable bonds is 7. The van der Waals surface area contributed by atoms with Crippen LogP contribution in [-0.2, 0) is 9.47 Å². The summed E-state index contributed by atoms with van der Waals surface area (Å²) >= 11 is 0. The van der Waals surface area contributed by atoms with Gasteiger partial charge in [0.15, 0.2) is 6.29 Å². The largest absolute Gasteiger partial charge is 0.380 e. The molecule has 0 saturated carbocycles. The Morgan fingerprint density at radius 2 is 1.75 bits per heavy atom. The second kappa shape index (κ2) is 7.25. The van der Waals surface area contributed by atoms with Crippen LogP contribution in [0, 0.1) is 6.92 Å². The van der Waals surface area contributed by atoms with Crippen molar-refractivity contribution in [2.24, 2.45) is 0 Å². The molecule has 0 atom stereocenters. The smallest absolute Gasteiger partial charge is 0.174 e. The fourth-order valence-electron chi connectivity index (χ4n) is 1.50. The lowest BCUT2D eigenvalue weighted by molar-refractivity contribution is -0.126. The molecule has 0 bridgehead atoms. The molecule has 1 aromatic carbocycles. The van der Waals surface area contributed by atoms with Crippen molar-refractivity contribution in [3.63, 3.8) is 0 Å². The Morgan fingerprint density at radius 3 is 2.31 bits per heavy atom. The molecule has 3 heteroatoms. The van der Waals surface area contributed by atoms with E-state index in [1.165, 1.54) is 5.56 Å². The summed E-state index contributed by atoms with van der Waals surface area (Å²) in [7, 11) is 0. The summed E-state index contributed by atoms with van der Waals surface area (Å²) in [6, 6.07) is 8.19. The van der Waals surface area contributed by atoms with E-state index in [9.17, 15) is 0 Å². The third-order valence-electron chi connectivity index (χ3n) is 2.31. The average molecular weight is 223 g/mol. The first-order valence-electron chi connectivity index (χ1n) is 5.80. The van der Waals surface area contributed by atoms with Crippen LogP contribution in [0.4, 0.5) is 5.69 Å². The molecule has 0 saturated heterocycles. The van der Waals surface area contributed by atoms with E-state index in [2.05, 4.69) is 24.4 Å². The Labute approximate surface area is 97.8 Å². The number of aryl methyl sites for hydroxylation is 1. The Kier molecular flexibility index (Phi) is 5.90. The monoisotopic (exact) mass is 223 g/mol. The zero-order valence-electron chi connectivity index (χ0n) is 10.3. The molecule has 1 rings (SSSR count). The molecule has 0 aliphatic heterocycles. The van der Waals surface area contributed by atoms with Gasteiger partial charge in [0.05, 0.1) is 6.54 Å². The van der Waals surface area contributed by atoms with Crippen molar-refractivity contribution in [1.82, 2.24) is 0 Å². The van der Waals surface area contributed by atoms with Crippen molar-refractivity contribution < 1.29 is 9.47 Å². The molecular formula is C13H21NO2. The molecule has 0 aliphatic rings. The predicted molar refractivity (Wildman–Crippen MR) is 66.7 cm³/mol. The Balaban J connectivity index is 2.45. The van der Waals surface area contributed by atoms with Gasteiger partial charge in [0.25, 0.3) is 0 Å². The molecule has 0 unspecified atom stereocenters. The van der Waals surface area contributed by atoms with Gasteiger partial charge in [-0.3, -0.25) is 0 Å². The Bertz CT molecular complexity index is 296. The molecule has 1 N–H and O–H groups in total. The molecule has 0 spiro atoms. The third kappa shape index (κ3) is 4.21. The molecule has 90 valence electrons. The predicted octanol–water partition coefficient (Wildman–Crippen LogP) is 2.81. The number of hydrogen-bond acceptors (Lipinski definition) is 3. The molecule has 3 nitrogen and oxygen atoms in total. The maximum Gasteiger partial charge on any atom is 0.174 e. The molecule has 0 heterocycles. The van der Waals surface area contributed by atoms with E-state index in [4.69, 9.17) is 9.47 Å². The first-order valence-corrected chi connectivity index (χ1v) is 5.80. The van der Waals surface area contributed by atoms with Gasteiger partial charge in [-0.1, -0.05) is 18.2 Å². The summed E-state index contributed by atoms with van der Waals surface area (Å²) < 4.78 is 10.9. The summed E-state index contributed by atoms with van der Waals surface area (Å²) in [4.78, 5) is 0. The van der Waals surface area contributed by atoms with E-state index in [0.717, 1.165) is 5.69 Å². The van der Waals surface area contributed by atoms with Crippen molar-refractivity contribution in [3.8, 4) is 0 Å². The SMILES string of the molecule is CCOC(CNc1ccccc1C)OCC. The van der Waals surface area contributed by atoms with E-state index in [1.807, 2.05) is 26.0 Å². The van der Waals surface area contributed by atoms with Gasteiger partial charge < -0.3 is 14.8 Å². The maximum atomic E-state index is 5.46. The van der Waals surface area contributed by atoms with Crippen LogP contribution in [0.15, 0.2) is 24.3 Å². The Morgan fingerprint density at radius 1 is 1.12 bits per heavy atom. The second-order valence-corrected chi connectivity index (χ2v) is 3.54. The molecule has 0 fully saturated rings. The van der Waals surface area contributed by atoms with Crippen LogP contribution in [0.2, 0.25) is 0 Å². The van der Waals surface area contributed by atoms with Crippen LogP contribution in [0.1, 0.15) is 19.4 Å². The van der Waals surface area contributed by atoms with Crippen molar-refractivity contribution in [1.29, 1.82) is 0 Å². The van der Waals surface area contributed by atoms with E-state index in [0.29, 0.717) is 19.8 Å². The van der Waals surface area contributed by atoms with Crippen LogP contribution in [0.3, 0.4) is 0 Å². The highest BCUT2D eigenvalue weighted by atomic mass is 16.7. The van der Waals surface area contributed by atoms with Gasteiger partial charge in [0.1, 0.15) is 0 Å². The maximum absolute atomic E-state index is 5.46. The van der Waals surface area contributed by atoms with E-state index >= 15 is 0 Å². The lowest BCUT2D eigenvalue weighted by atomic mass is 10.2. The minimum atomic E-state index is -0.172. The normalized spacial score (nSPS) is 10.8. The first-order chi connectivity index (χ1) is 7.77. The standard InChI is InChI=1S/C13H21NO2/c1-4-15-13(16-5-2)10-14-12-9-7-6-8-11(12)3/h6-9,13-14H,4-5,10H2,1-3H3. The number of anilines is 1. The quantitative estimate of drug-likeness (QED) is 0.721. The summed E-state index contributed by atoms with van der Waals surface area (Å²) in [5, 5.41) is 3.33. The van der Waals surface area contributed by atoms with Gasteiger partial charge in [0, 0.05) is 18.9 Å². The fourth-order valence-corrected chi connectivity index (χ4v) is 1.50. The van der Waals surface area contributed by atoms with Gasteiger partial charge in [-0.15, -0.1) is 0 Å². The molecule has 0 amide bonds. The number of para-hydroxylation sites is 1.